The number of nitrogens with zero attached hydrogens (tertiary/aromatic N) is 1. The molecule has 1 amide bonds. The van der Waals surface area contributed by atoms with Crippen LogP contribution in [-0.2, 0) is 23.9 Å². The van der Waals surface area contributed by atoms with Crippen molar-refractivity contribution < 1.29 is 28.7 Å². The molecule has 0 N–H and O–H groups in total. The summed E-state index contributed by atoms with van der Waals surface area (Å²) in [6, 6.07) is 0. The standard InChI is InChI=1S/C9H11NO6/c11-7-1-3-10(8(7)12)16-9(13)15-6-2-4-14-5-6/h6H,1-5H2. The fourth-order valence-corrected chi connectivity index (χ4v) is 1.49. The lowest BCUT2D eigenvalue weighted by Gasteiger charge is -2.15. The van der Waals surface area contributed by atoms with Crippen LogP contribution in [0.1, 0.15) is 12.8 Å². The van der Waals surface area contributed by atoms with Gasteiger partial charge in [-0.15, -0.1) is 0 Å². The third-order valence-electron chi connectivity index (χ3n) is 2.34. The van der Waals surface area contributed by atoms with E-state index in [9.17, 15) is 14.4 Å². The van der Waals surface area contributed by atoms with Gasteiger partial charge in [0.15, 0.2) is 0 Å². The topological polar surface area (TPSA) is 82.1 Å². The van der Waals surface area contributed by atoms with Gasteiger partial charge in [0, 0.05) is 12.8 Å². The van der Waals surface area contributed by atoms with Crippen molar-refractivity contribution in [2.75, 3.05) is 19.8 Å². The molecule has 88 valence electrons. The third kappa shape index (κ3) is 2.30. The van der Waals surface area contributed by atoms with E-state index in [0.717, 1.165) is 5.06 Å². The number of ketones is 1. The first-order valence-electron chi connectivity index (χ1n) is 4.98. The molecule has 0 bridgehead atoms. The normalized spacial score (nSPS) is 25.0. The van der Waals surface area contributed by atoms with Gasteiger partial charge in [-0.05, 0) is 0 Å². The Kier molecular flexibility index (Phi) is 3.04. The van der Waals surface area contributed by atoms with E-state index >= 15 is 0 Å². The summed E-state index contributed by atoms with van der Waals surface area (Å²) >= 11 is 0. The molecule has 1 atom stereocenters. The molecular weight excluding hydrogens is 218 g/mol. The summed E-state index contributed by atoms with van der Waals surface area (Å²) in [5.74, 6) is -1.36. The first kappa shape index (κ1) is 10.9. The third-order valence-corrected chi connectivity index (χ3v) is 2.34. The van der Waals surface area contributed by atoms with Gasteiger partial charge < -0.3 is 14.3 Å². The maximum absolute atomic E-state index is 11.2. The van der Waals surface area contributed by atoms with E-state index in [0.29, 0.717) is 19.6 Å². The SMILES string of the molecule is O=C(OC1CCOC1)ON1CCC(=O)C1=O. The van der Waals surface area contributed by atoms with Crippen LogP contribution in [0.15, 0.2) is 0 Å². The number of Topliss-reactive ketones (excluding diaryl/α,β-unsaturated/α-hetero) is 1. The quantitative estimate of drug-likeness (QED) is 0.475. The minimum Gasteiger partial charge on any atom is -0.427 e. The van der Waals surface area contributed by atoms with Crippen molar-refractivity contribution in [1.29, 1.82) is 0 Å². The fraction of sp³-hybridized carbons (Fsp3) is 0.667. The Morgan fingerprint density at radius 2 is 2.25 bits per heavy atom. The van der Waals surface area contributed by atoms with Crippen molar-refractivity contribution >= 4 is 17.8 Å². The largest absolute Gasteiger partial charge is 0.533 e. The molecule has 2 heterocycles. The second kappa shape index (κ2) is 4.48. The van der Waals surface area contributed by atoms with Crippen LogP contribution in [0.4, 0.5) is 4.79 Å². The second-order valence-corrected chi connectivity index (χ2v) is 3.53. The fourth-order valence-electron chi connectivity index (χ4n) is 1.49. The summed E-state index contributed by atoms with van der Waals surface area (Å²) in [4.78, 5) is 37.8. The van der Waals surface area contributed by atoms with Crippen LogP contribution in [0.5, 0.6) is 0 Å². The molecule has 0 aliphatic carbocycles. The first-order valence-corrected chi connectivity index (χ1v) is 4.98. The molecule has 0 aromatic carbocycles. The molecule has 16 heavy (non-hydrogen) atoms. The number of amides is 1. The maximum atomic E-state index is 11.2. The van der Waals surface area contributed by atoms with E-state index in [4.69, 9.17) is 9.47 Å². The van der Waals surface area contributed by atoms with Gasteiger partial charge in [0.2, 0.25) is 5.78 Å². The van der Waals surface area contributed by atoms with Crippen molar-refractivity contribution in [1.82, 2.24) is 5.06 Å². The lowest BCUT2D eigenvalue weighted by Crippen LogP contribution is -2.32. The van der Waals surface area contributed by atoms with Gasteiger partial charge in [-0.1, -0.05) is 0 Å². The van der Waals surface area contributed by atoms with Crippen molar-refractivity contribution in [2.24, 2.45) is 0 Å². The van der Waals surface area contributed by atoms with Crippen molar-refractivity contribution in [3.05, 3.63) is 0 Å². The maximum Gasteiger partial charge on any atom is 0.533 e. The van der Waals surface area contributed by atoms with Gasteiger partial charge in [-0.2, -0.15) is 5.06 Å². The highest BCUT2D eigenvalue weighted by molar-refractivity contribution is 6.37. The molecule has 0 spiro atoms. The van der Waals surface area contributed by atoms with Crippen LogP contribution in [0.25, 0.3) is 0 Å². The van der Waals surface area contributed by atoms with Crippen LogP contribution < -0.4 is 0 Å². The van der Waals surface area contributed by atoms with E-state index in [1.54, 1.807) is 0 Å². The molecule has 0 aromatic rings. The summed E-state index contributed by atoms with van der Waals surface area (Å²) in [5, 5.41) is 0.723. The van der Waals surface area contributed by atoms with Crippen LogP contribution in [-0.4, -0.2) is 48.8 Å². The molecule has 2 rings (SSSR count). The minimum absolute atomic E-state index is 0.0681. The zero-order valence-electron chi connectivity index (χ0n) is 8.51. The highest BCUT2D eigenvalue weighted by Crippen LogP contribution is 2.12. The molecule has 0 saturated carbocycles. The Labute approximate surface area is 91.2 Å². The number of hydrogen-bond donors (Lipinski definition) is 0. The first-order chi connectivity index (χ1) is 7.66. The number of ether oxygens (including phenoxy) is 2. The van der Waals surface area contributed by atoms with E-state index in [-0.39, 0.29) is 19.1 Å². The molecule has 7 heteroatoms. The summed E-state index contributed by atoms with van der Waals surface area (Å²) in [6.07, 6.45) is -0.625. The van der Waals surface area contributed by atoms with Gasteiger partial charge in [0.25, 0.3) is 0 Å². The molecule has 0 aromatic heterocycles. The Bertz CT molecular complexity index is 322. The van der Waals surface area contributed by atoms with Crippen LogP contribution in [0, 0.1) is 0 Å². The molecule has 2 aliphatic heterocycles. The average molecular weight is 229 g/mol. The second-order valence-electron chi connectivity index (χ2n) is 3.53. The molecule has 2 fully saturated rings. The van der Waals surface area contributed by atoms with Crippen molar-refractivity contribution in [3.8, 4) is 0 Å². The highest BCUT2D eigenvalue weighted by Gasteiger charge is 2.33. The van der Waals surface area contributed by atoms with Crippen LogP contribution in [0.2, 0.25) is 0 Å². The van der Waals surface area contributed by atoms with Gasteiger partial charge in [0.05, 0.1) is 19.8 Å². The predicted octanol–water partition coefficient (Wildman–Crippen LogP) is -0.355. The Balaban J connectivity index is 1.78. The highest BCUT2D eigenvalue weighted by atomic mass is 16.8. The van der Waals surface area contributed by atoms with Gasteiger partial charge >= 0.3 is 12.1 Å². The number of carbonyl (C=O) groups excluding carboxylic acids is 3. The Morgan fingerprint density at radius 1 is 1.44 bits per heavy atom. The van der Waals surface area contributed by atoms with Gasteiger partial charge in [-0.3, -0.25) is 9.59 Å². The van der Waals surface area contributed by atoms with E-state index < -0.39 is 17.8 Å². The summed E-state index contributed by atoms with van der Waals surface area (Å²) < 4.78 is 9.86. The molecule has 2 aliphatic rings. The van der Waals surface area contributed by atoms with E-state index in [2.05, 4.69) is 4.84 Å². The van der Waals surface area contributed by atoms with Crippen molar-refractivity contribution in [2.45, 2.75) is 18.9 Å². The molecule has 7 nitrogen and oxygen atoms in total. The van der Waals surface area contributed by atoms with E-state index in [1.807, 2.05) is 0 Å². The molecular formula is C9H11NO6. The van der Waals surface area contributed by atoms with Crippen molar-refractivity contribution in [3.63, 3.8) is 0 Å². The van der Waals surface area contributed by atoms with Crippen LogP contribution in [0.3, 0.4) is 0 Å². The minimum atomic E-state index is -0.974. The van der Waals surface area contributed by atoms with Crippen LogP contribution >= 0.6 is 0 Å². The van der Waals surface area contributed by atoms with Gasteiger partial charge in [-0.25, -0.2) is 4.79 Å². The number of hydrogen-bond acceptors (Lipinski definition) is 6. The molecule has 1 unspecified atom stereocenters. The lowest BCUT2D eigenvalue weighted by atomic mass is 10.3. The smallest absolute Gasteiger partial charge is 0.427 e. The summed E-state index contributed by atoms with van der Waals surface area (Å²) in [6.45, 7) is 0.967. The zero-order valence-corrected chi connectivity index (χ0v) is 8.51. The summed E-state index contributed by atoms with van der Waals surface area (Å²) in [5.41, 5.74) is 0. The Hall–Kier alpha value is -1.63. The Morgan fingerprint density at radius 3 is 2.81 bits per heavy atom. The average Bonchev–Trinajstić information content (AvgIpc) is 2.83. The molecule has 2 saturated heterocycles. The van der Waals surface area contributed by atoms with E-state index in [1.165, 1.54) is 0 Å². The number of carbonyl (C=O) groups is 3. The molecule has 0 radical (unpaired) electrons. The number of rotatable bonds is 2. The van der Waals surface area contributed by atoms with Gasteiger partial charge in [0.1, 0.15) is 6.10 Å². The zero-order chi connectivity index (χ0) is 11.5. The lowest BCUT2D eigenvalue weighted by molar-refractivity contribution is -0.168. The predicted molar refractivity (Wildman–Crippen MR) is 48.1 cm³/mol. The monoisotopic (exact) mass is 229 g/mol. The summed E-state index contributed by atoms with van der Waals surface area (Å²) in [7, 11) is 0. The number of hydroxylamine groups is 2.